The molecule has 0 spiro atoms. The third-order valence-electron chi connectivity index (χ3n) is 5.56. The molecule has 0 aromatic heterocycles. The summed E-state index contributed by atoms with van der Waals surface area (Å²) in [5.41, 5.74) is 0.456. The molecule has 3 unspecified atom stereocenters. The first-order chi connectivity index (χ1) is 9.61. The molecule has 0 aromatic rings. The normalized spacial score (nSPS) is 39.5. The molecule has 3 atom stereocenters. The van der Waals surface area contributed by atoms with Crippen LogP contribution in [0.25, 0.3) is 0 Å². The molecule has 0 radical (unpaired) electrons. The van der Waals surface area contributed by atoms with E-state index in [0.29, 0.717) is 12.0 Å². The van der Waals surface area contributed by atoms with Gasteiger partial charge in [0.05, 0.1) is 24.9 Å². The molecule has 2 heterocycles. The molecule has 0 N–H and O–H groups in total. The van der Waals surface area contributed by atoms with Crippen molar-refractivity contribution >= 4 is 0 Å². The molecule has 20 heavy (non-hydrogen) atoms. The molecular formula is C17H32O3. The summed E-state index contributed by atoms with van der Waals surface area (Å²) in [6, 6.07) is 0. The van der Waals surface area contributed by atoms with E-state index >= 15 is 0 Å². The average molecular weight is 284 g/mol. The van der Waals surface area contributed by atoms with Crippen molar-refractivity contribution in [3.8, 4) is 0 Å². The highest BCUT2D eigenvalue weighted by atomic mass is 16.7. The number of epoxide rings is 1. The van der Waals surface area contributed by atoms with Crippen LogP contribution in [-0.4, -0.2) is 31.2 Å². The molecule has 3 heteroatoms. The van der Waals surface area contributed by atoms with Crippen molar-refractivity contribution in [3.05, 3.63) is 0 Å². The van der Waals surface area contributed by atoms with E-state index in [0.717, 1.165) is 38.9 Å². The number of ether oxygens (including phenoxy) is 3. The van der Waals surface area contributed by atoms with Gasteiger partial charge in [0.25, 0.3) is 0 Å². The minimum atomic E-state index is 0.0185. The molecule has 0 aromatic carbocycles. The van der Waals surface area contributed by atoms with Crippen molar-refractivity contribution in [2.45, 2.75) is 84.7 Å². The highest BCUT2D eigenvalue weighted by molar-refractivity contribution is 5.04. The average Bonchev–Trinajstić information content (AvgIpc) is 3.20. The van der Waals surface area contributed by atoms with E-state index in [1.54, 1.807) is 0 Å². The lowest BCUT2D eigenvalue weighted by atomic mass is 9.80. The summed E-state index contributed by atoms with van der Waals surface area (Å²) < 4.78 is 17.8. The van der Waals surface area contributed by atoms with Gasteiger partial charge in [0.15, 0.2) is 6.29 Å². The van der Waals surface area contributed by atoms with Crippen LogP contribution < -0.4 is 0 Å². The first-order valence-corrected chi connectivity index (χ1v) is 8.52. The second-order valence-electron chi connectivity index (χ2n) is 6.65. The summed E-state index contributed by atoms with van der Waals surface area (Å²) in [6.45, 7) is 12.4. The van der Waals surface area contributed by atoms with Gasteiger partial charge >= 0.3 is 0 Å². The number of rotatable bonds is 3. The minimum Gasteiger partial charge on any atom is -0.366 e. The Balaban J connectivity index is 0.000000704. The number of hydrogen-bond donors (Lipinski definition) is 0. The van der Waals surface area contributed by atoms with Crippen LogP contribution in [0.4, 0.5) is 0 Å². The third kappa shape index (κ3) is 3.05. The topological polar surface area (TPSA) is 31.0 Å². The fourth-order valence-electron chi connectivity index (χ4n) is 3.46. The van der Waals surface area contributed by atoms with Gasteiger partial charge in [-0.25, -0.2) is 0 Å². The molecule has 3 fully saturated rings. The Hall–Kier alpha value is -0.120. The molecule has 2 aliphatic heterocycles. The fourth-order valence-corrected chi connectivity index (χ4v) is 3.46. The molecule has 0 amide bonds. The summed E-state index contributed by atoms with van der Waals surface area (Å²) >= 11 is 0. The van der Waals surface area contributed by atoms with Crippen LogP contribution in [0.1, 0.15) is 66.7 Å². The summed E-state index contributed by atoms with van der Waals surface area (Å²) in [6.07, 6.45) is 6.24. The van der Waals surface area contributed by atoms with Crippen molar-refractivity contribution in [1.29, 1.82) is 0 Å². The first-order valence-electron chi connectivity index (χ1n) is 8.52. The smallest absolute Gasteiger partial charge is 0.160 e. The number of hydrogen-bond acceptors (Lipinski definition) is 3. The van der Waals surface area contributed by atoms with E-state index in [1.165, 1.54) is 6.42 Å². The molecule has 0 bridgehead atoms. The fraction of sp³-hybridized carbons (Fsp3) is 1.00. The second-order valence-corrected chi connectivity index (χ2v) is 6.65. The predicted molar refractivity (Wildman–Crippen MR) is 80.7 cm³/mol. The van der Waals surface area contributed by atoms with E-state index in [2.05, 4.69) is 20.8 Å². The van der Waals surface area contributed by atoms with Crippen molar-refractivity contribution in [2.24, 2.45) is 11.3 Å². The van der Waals surface area contributed by atoms with Crippen LogP contribution in [-0.2, 0) is 14.2 Å². The maximum atomic E-state index is 6.04. The van der Waals surface area contributed by atoms with E-state index < -0.39 is 0 Å². The van der Waals surface area contributed by atoms with Crippen molar-refractivity contribution in [3.63, 3.8) is 0 Å². The van der Waals surface area contributed by atoms with Crippen molar-refractivity contribution in [2.75, 3.05) is 13.2 Å². The lowest BCUT2D eigenvalue weighted by molar-refractivity contribution is -0.254. The van der Waals surface area contributed by atoms with Gasteiger partial charge in [-0.3, -0.25) is 0 Å². The Bertz CT molecular complexity index is 303. The maximum Gasteiger partial charge on any atom is 0.160 e. The van der Waals surface area contributed by atoms with Gasteiger partial charge in [-0.2, -0.15) is 0 Å². The minimum absolute atomic E-state index is 0.0185. The van der Waals surface area contributed by atoms with Gasteiger partial charge in [0, 0.05) is 11.3 Å². The summed E-state index contributed by atoms with van der Waals surface area (Å²) in [5.74, 6) is 0.539. The predicted octanol–water partition coefficient (Wildman–Crippen LogP) is 4.15. The molecule has 3 rings (SSSR count). The van der Waals surface area contributed by atoms with Gasteiger partial charge in [-0.1, -0.05) is 27.7 Å². The van der Waals surface area contributed by atoms with Crippen molar-refractivity contribution in [1.82, 2.24) is 0 Å². The molecule has 1 aliphatic carbocycles. The Labute approximate surface area is 124 Å². The summed E-state index contributed by atoms with van der Waals surface area (Å²) in [4.78, 5) is 0. The molecule has 118 valence electrons. The Kier molecular flexibility index (Phi) is 5.14. The third-order valence-corrected chi connectivity index (χ3v) is 5.56. The number of fused-ring (bicyclic) bond motifs is 1. The molecule has 3 nitrogen and oxygen atoms in total. The summed E-state index contributed by atoms with van der Waals surface area (Å²) in [5, 5.41) is 0. The monoisotopic (exact) mass is 284 g/mol. The Morgan fingerprint density at radius 3 is 2.15 bits per heavy atom. The second kappa shape index (κ2) is 6.33. The van der Waals surface area contributed by atoms with E-state index in [9.17, 15) is 0 Å². The zero-order chi connectivity index (χ0) is 14.8. The van der Waals surface area contributed by atoms with Crippen LogP contribution in [0.5, 0.6) is 0 Å². The highest BCUT2D eigenvalue weighted by Crippen LogP contribution is 2.50. The Morgan fingerprint density at radius 1 is 1.05 bits per heavy atom. The molecule has 1 saturated carbocycles. The van der Waals surface area contributed by atoms with Crippen LogP contribution in [0, 0.1) is 11.3 Å². The van der Waals surface area contributed by atoms with Gasteiger partial charge in [-0.05, 0) is 39.0 Å². The first kappa shape index (κ1) is 16.3. The standard InChI is InChI=1S/C15H26O3.C2H6/c1-4-15(5-2)9-16-13(17-10-15)11-6-7-14(3)12(8-11)18-14;1-2/h11-13H,4-10H2,1-3H3;1-2H3. The zero-order valence-electron chi connectivity index (χ0n) is 13.9. The maximum absolute atomic E-state index is 6.04. The molecule has 2 saturated heterocycles. The Morgan fingerprint density at radius 2 is 1.65 bits per heavy atom. The van der Waals surface area contributed by atoms with Crippen LogP contribution in [0.15, 0.2) is 0 Å². The summed E-state index contributed by atoms with van der Waals surface area (Å²) in [7, 11) is 0. The van der Waals surface area contributed by atoms with Gasteiger partial charge < -0.3 is 14.2 Å². The van der Waals surface area contributed by atoms with Crippen LogP contribution >= 0.6 is 0 Å². The van der Waals surface area contributed by atoms with Crippen LogP contribution in [0.2, 0.25) is 0 Å². The van der Waals surface area contributed by atoms with Crippen molar-refractivity contribution < 1.29 is 14.2 Å². The lowest BCUT2D eigenvalue weighted by Gasteiger charge is -2.42. The largest absolute Gasteiger partial charge is 0.366 e. The lowest BCUT2D eigenvalue weighted by Crippen LogP contribution is -2.45. The highest BCUT2D eigenvalue weighted by Gasteiger charge is 2.56. The van der Waals surface area contributed by atoms with Gasteiger partial charge in [0.1, 0.15) is 0 Å². The molecule has 3 aliphatic rings. The van der Waals surface area contributed by atoms with E-state index in [4.69, 9.17) is 14.2 Å². The van der Waals surface area contributed by atoms with E-state index in [-0.39, 0.29) is 17.3 Å². The zero-order valence-corrected chi connectivity index (χ0v) is 13.9. The van der Waals surface area contributed by atoms with Gasteiger partial charge in [-0.15, -0.1) is 0 Å². The van der Waals surface area contributed by atoms with E-state index in [1.807, 2.05) is 13.8 Å². The quantitative estimate of drug-likeness (QED) is 0.729. The van der Waals surface area contributed by atoms with Crippen LogP contribution in [0.3, 0.4) is 0 Å². The van der Waals surface area contributed by atoms with Gasteiger partial charge in [0.2, 0.25) is 0 Å². The SMILES string of the molecule is CC.CCC1(CC)COC(C2CCC3(C)OC3C2)OC1. The molecular weight excluding hydrogens is 252 g/mol.